The summed E-state index contributed by atoms with van der Waals surface area (Å²) in [5.41, 5.74) is 0.261. The number of nitrogens with one attached hydrogen (secondary N) is 1. The van der Waals surface area contributed by atoms with Gasteiger partial charge in [-0.1, -0.05) is 30.3 Å². The van der Waals surface area contributed by atoms with Crippen LogP contribution in [-0.2, 0) is 0 Å². The summed E-state index contributed by atoms with van der Waals surface area (Å²) in [5.74, 6) is -1.09. The Morgan fingerprint density at radius 1 is 0.964 bits per heavy atom. The smallest absolute Gasteiger partial charge is 0.488 e. The highest BCUT2D eigenvalue weighted by atomic mass is 19.4. The van der Waals surface area contributed by atoms with Crippen molar-refractivity contribution in [3.05, 3.63) is 42.5 Å². The minimum absolute atomic E-state index is 0.0447. The van der Waals surface area contributed by atoms with Crippen LogP contribution in [0, 0.1) is 0 Å². The first-order chi connectivity index (χ1) is 13.0. The van der Waals surface area contributed by atoms with Gasteiger partial charge in [-0.2, -0.15) is 13.2 Å². The van der Waals surface area contributed by atoms with E-state index in [0.29, 0.717) is 5.56 Å². The number of aliphatic hydroxyl groups excluding tert-OH is 1. The lowest BCUT2D eigenvalue weighted by Crippen LogP contribution is -2.35. The van der Waals surface area contributed by atoms with Crippen LogP contribution >= 0.6 is 0 Å². The van der Waals surface area contributed by atoms with E-state index < -0.39 is 36.7 Å². The first kappa shape index (κ1) is 21.7. The monoisotopic (exact) mass is 409 g/mol. The molecular weight excluding hydrogens is 392 g/mol. The number of rotatable bonds is 7. The van der Waals surface area contributed by atoms with Crippen molar-refractivity contribution in [3.63, 3.8) is 0 Å². The fourth-order valence-electron chi connectivity index (χ4n) is 2.37. The summed E-state index contributed by atoms with van der Waals surface area (Å²) in [6, 6.07) is 10.5. The molecule has 0 aliphatic heterocycles. The van der Waals surface area contributed by atoms with E-state index in [4.69, 9.17) is 9.84 Å². The second-order valence-corrected chi connectivity index (χ2v) is 5.60. The van der Waals surface area contributed by atoms with Crippen molar-refractivity contribution in [3.8, 4) is 22.6 Å². The van der Waals surface area contributed by atoms with Crippen LogP contribution in [0.5, 0.6) is 11.5 Å². The van der Waals surface area contributed by atoms with Gasteiger partial charge in [-0.3, -0.25) is 0 Å². The first-order valence-electron chi connectivity index (χ1n) is 8.12. The number of hydrogen-bond acceptors (Lipinski definition) is 4. The van der Waals surface area contributed by atoms with Crippen molar-refractivity contribution in [2.24, 2.45) is 0 Å². The number of halogens is 6. The Morgan fingerprint density at radius 3 is 2.14 bits per heavy atom. The molecule has 0 spiro atoms. The molecule has 0 fully saturated rings. The maximum absolute atomic E-state index is 13.0. The largest absolute Gasteiger partial charge is 0.573 e. The maximum Gasteiger partial charge on any atom is 0.573 e. The van der Waals surface area contributed by atoms with Gasteiger partial charge in [0.25, 0.3) is 0 Å². The Labute approximate surface area is 156 Å². The number of benzene rings is 2. The van der Waals surface area contributed by atoms with Gasteiger partial charge in [-0.15, -0.1) is 13.2 Å². The van der Waals surface area contributed by atoms with Crippen molar-refractivity contribution >= 4 is 5.69 Å². The molecule has 2 aromatic rings. The highest BCUT2D eigenvalue weighted by molar-refractivity contribution is 5.79. The van der Waals surface area contributed by atoms with Crippen LogP contribution in [0.3, 0.4) is 0 Å². The molecule has 0 amide bonds. The Balaban J connectivity index is 2.51. The highest BCUT2D eigenvalue weighted by Gasteiger charge is 2.38. The normalized spacial score (nSPS) is 13.1. The Kier molecular flexibility index (Phi) is 6.65. The van der Waals surface area contributed by atoms with Gasteiger partial charge in [0.1, 0.15) is 0 Å². The number of aliphatic hydroxyl groups is 1. The molecule has 0 saturated heterocycles. The number of alkyl halides is 6. The summed E-state index contributed by atoms with van der Waals surface area (Å²) in [6.07, 6.45) is -12.6. The fraction of sp³-hybridized carbons (Fsp3) is 0.333. The lowest BCUT2D eigenvalue weighted by molar-refractivity contribution is -0.274. The predicted octanol–water partition coefficient (Wildman–Crippen LogP) is 4.99. The summed E-state index contributed by atoms with van der Waals surface area (Å²) in [5, 5.41) is 11.4. The van der Waals surface area contributed by atoms with E-state index >= 15 is 0 Å². The summed E-state index contributed by atoms with van der Waals surface area (Å²) >= 11 is 0. The summed E-state index contributed by atoms with van der Waals surface area (Å²) in [7, 11) is 0. The predicted molar refractivity (Wildman–Crippen MR) is 90.3 cm³/mol. The third-order valence-electron chi connectivity index (χ3n) is 3.57. The molecule has 0 heterocycles. The van der Waals surface area contributed by atoms with Crippen molar-refractivity contribution < 1.29 is 40.9 Å². The van der Waals surface area contributed by atoms with E-state index in [0.717, 1.165) is 0 Å². The SMILES string of the molecule is CCOc1c(NCC(O)C(F)(F)F)ccc(-c2ccccc2)c1OC(F)(F)F. The van der Waals surface area contributed by atoms with Gasteiger partial charge in [-0.25, -0.2) is 0 Å². The van der Waals surface area contributed by atoms with Crippen LogP contribution in [0.1, 0.15) is 6.92 Å². The zero-order valence-corrected chi connectivity index (χ0v) is 14.6. The zero-order chi connectivity index (χ0) is 20.9. The average molecular weight is 409 g/mol. The number of ether oxygens (including phenoxy) is 2. The van der Waals surface area contributed by atoms with Crippen LogP contribution in [0.4, 0.5) is 32.0 Å². The third kappa shape index (κ3) is 5.69. The first-order valence-corrected chi connectivity index (χ1v) is 8.12. The lowest BCUT2D eigenvalue weighted by atomic mass is 10.0. The third-order valence-corrected chi connectivity index (χ3v) is 3.57. The molecule has 2 rings (SSSR count). The topological polar surface area (TPSA) is 50.7 Å². The number of hydrogen-bond donors (Lipinski definition) is 2. The van der Waals surface area contributed by atoms with Crippen LogP contribution in [-0.4, -0.2) is 36.9 Å². The molecule has 28 heavy (non-hydrogen) atoms. The number of anilines is 1. The van der Waals surface area contributed by atoms with Gasteiger partial charge in [0.2, 0.25) is 0 Å². The molecule has 10 heteroatoms. The van der Waals surface area contributed by atoms with Crippen molar-refractivity contribution in [2.45, 2.75) is 25.6 Å². The summed E-state index contributed by atoms with van der Waals surface area (Å²) in [6.45, 7) is 0.462. The van der Waals surface area contributed by atoms with E-state index in [1.165, 1.54) is 19.1 Å². The van der Waals surface area contributed by atoms with Gasteiger partial charge >= 0.3 is 12.5 Å². The van der Waals surface area contributed by atoms with Gasteiger partial charge in [0, 0.05) is 12.1 Å². The molecule has 0 saturated carbocycles. The zero-order valence-electron chi connectivity index (χ0n) is 14.6. The maximum atomic E-state index is 13.0. The summed E-state index contributed by atoms with van der Waals surface area (Å²) < 4.78 is 85.8. The Morgan fingerprint density at radius 2 is 1.61 bits per heavy atom. The van der Waals surface area contributed by atoms with Crippen LogP contribution in [0.15, 0.2) is 42.5 Å². The molecule has 154 valence electrons. The van der Waals surface area contributed by atoms with Crippen LogP contribution < -0.4 is 14.8 Å². The average Bonchev–Trinajstić information content (AvgIpc) is 2.60. The Hall–Kier alpha value is -2.62. The van der Waals surface area contributed by atoms with Gasteiger partial charge < -0.3 is 19.9 Å². The van der Waals surface area contributed by atoms with Gasteiger partial charge in [-0.05, 0) is 24.6 Å². The summed E-state index contributed by atoms with van der Waals surface area (Å²) in [4.78, 5) is 0. The quantitative estimate of drug-likeness (QED) is 0.633. The second kappa shape index (κ2) is 8.59. The molecule has 0 aliphatic rings. The minimum Gasteiger partial charge on any atom is -0.488 e. The van der Waals surface area contributed by atoms with E-state index in [1.807, 2.05) is 0 Å². The molecular formula is C18H17F6NO3. The molecule has 2 aromatic carbocycles. The van der Waals surface area contributed by atoms with Crippen molar-refractivity contribution in [1.82, 2.24) is 0 Å². The molecule has 2 N–H and O–H groups in total. The van der Waals surface area contributed by atoms with Crippen molar-refractivity contribution in [2.75, 3.05) is 18.5 Å². The molecule has 0 radical (unpaired) electrons. The van der Waals surface area contributed by atoms with Crippen molar-refractivity contribution in [1.29, 1.82) is 0 Å². The van der Waals surface area contributed by atoms with Gasteiger partial charge in [0.05, 0.1) is 12.3 Å². The van der Waals surface area contributed by atoms with Crippen LogP contribution in [0.25, 0.3) is 11.1 Å². The molecule has 0 bridgehead atoms. The molecule has 0 aromatic heterocycles. The lowest BCUT2D eigenvalue weighted by Gasteiger charge is -2.22. The highest BCUT2D eigenvalue weighted by Crippen LogP contribution is 2.45. The molecule has 1 unspecified atom stereocenters. The van der Waals surface area contributed by atoms with E-state index in [-0.39, 0.29) is 17.9 Å². The molecule has 1 atom stereocenters. The van der Waals surface area contributed by atoms with Gasteiger partial charge in [0.15, 0.2) is 17.6 Å². The molecule has 4 nitrogen and oxygen atoms in total. The Bertz CT molecular complexity index is 777. The van der Waals surface area contributed by atoms with E-state index in [1.54, 1.807) is 30.3 Å². The molecule has 0 aliphatic carbocycles. The van der Waals surface area contributed by atoms with Crippen LogP contribution in [0.2, 0.25) is 0 Å². The van der Waals surface area contributed by atoms with E-state index in [9.17, 15) is 26.3 Å². The van der Waals surface area contributed by atoms with E-state index in [2.05, 4.69) is 10.1 Å². The fourth-order valence-corrected chi connectivity index (χ4v) is 2.37. The second-order valence-electron chi connectivity index (χ2n) is 5.60. The minimum atomic E-state index is -5.06. The standard InChI is InChI=1S/C18H17F6NO3/c1-2-27-16-13(25-10-14(26)17(19,20)21)9-8-12(11-6-4-3-5-7-11)15(16)28-18(22,23)24/h3-9,14,25-26H,2,10H2,1H3.